The summed E-state index contributed by atoms with van der Waals surface area (Å²) in [5.41, 5.74) is -0.750. The molecule has 8 heteroatoms. The molecule has 0 aliphatic heterocycles. The Morgan fingerprint density at radius 2 is 2.10 bits per heavy atom. The third-order valence-electron chi connectivity index (χ3n) is 3.41. The molecule has 1 aliphatic carbocycles. The van der Waals surface area contributed by atoms with Gasteiger partial charge in [-0.15, -0.1) is 5.10 Å². The maximum Gasteiger partial charge on any atom is 0.321 e. The molecule has 3 N–H and O–H groups in total. The van der Waals surface area contributed by atoms with Crippen LogP contribution >= 0.6 is 0 Å². The molecule has 1 saturated carbocycles. The highest BCUT2D eigenvalue weighted by molar-refractivity contribution is 5.94. The molecular weight excluding hydrogens is 274 g/mol. The van der Waals surface area contributed by atoms with E-state index in [1.54, 1.807) is 13.8 Å². The number of rotatable bonds is 4. The van der Waals surface area contributed by atoms with E-state index in [2.05, 4.69) is 20.9 Å². The first-order valence-electron chi connectivity index (χ1n) is 7.08. The minimum absolute atomic E-state index is 0.124. The van der Waals surface area contributed by atoms with Gasteiger partial charge in [-0.2, -0.15) is 0 Å². The van der Waals surface area contributed by atoms with Crippen LogP contribution in [-0.2, 0) is 16.9 Å². The fourth-order valence-corrected chi connectivity index (χ4v) is 2.26. The summed E-state index contributed by atoms with van der Waals surface area (Å²) in [4.78, 5) is 23.4. The molecule has 1 heterocycles. The van der Waals surface area contributed by atoms with Crippen molar-refractivity contribution in [3.05, 3.63) is 11.9 Å². The van der Waals surface area contributed by atoms with E-state index in [1.165, 1.54) is 10.9 Å². The Morgan fingerprint density at radius 3 is 2.67 bits per heavy atom. The van der Waals surface area contributed by atoms with E-state index in [4.69, 9.17) is 0 Å². The van der Waals surface area contributed by atoms with Crippen LogP contribution in [0.15, 0.2) is 6.20 Å². The molecule has 0 radical (unpaired) electrons. The molecule has 1 aromatic rings. The zero-order chi connectivity index (χ0) is 15.5. The van der Waals surface area contributed by atoms with Crippen LogP contribution in [0.1, 0.15) is 45.2 Å². The number of imide groups is 1. The summed E-state index contributed by atoms with van der Waals surface area (Å²) in [6.45, 7) is 3.04. The minimum Gasteiger partial charge on any atom is -0.384 e. The molecule has 21 heavy (non-hydrogen) atoms. The van der Waals surface area contributed by atoms with Gasteiger partial charge in [-0.05, 0) is 26.7 Å². The molecule has 1 aliphatic rings. The van der Waals surface area contributed by atoms with Crippen LogP contribution in [0.5, 0.6) is 0 Å². The second-order valence-corrected chi connectivity index (χ2v) is 5.86. The maximum atomic E-state index is 11.7. The number of nitrogens with zero attached hydrogens (tertiary/aromatic N) is 3. The van der Waals surface area contributed by atoms with Gasteiger partial charge in [-0.1, -0.05) is 18.1 Å². The molecule has 1 aromatic heterocycles. The Bertz CT molecular complexity index is 514. The zero-order valence-electron chi connectivity index (χ0n) is 12.3. The molecule has 1 fully saturated rings. The third-order valence-corrected chi connectivity index (χ3v) is 3.41. The fraction of sp³-hybridized carbons (Fsp3) is 0.692. The van der Waals surface area contributed by atoms with Crippen molar-refractivity contribution in [1.82, 2.24) is 25.6 Å². The number of nitrogens with one attached hydrogen (secondary N) is 2. The number of carbonyl (C=O) groups is 2. The lowest BCUT2D eigenvalue weighted by Gasteiger charge is -2.12. The van der Waals surface area contributed by atoms with Crippen LogP contribution in [0.25, 0.3) is 0 Å². The van der Waals surface area contributed by atoms with Crippen molar-refractivity contribution in [2.75, 3.05) is 0 Å². The summed E-state index contributed by atoms with van der Waals surface area (Å²) in [7, 11) is 0. The van der Waals surface area contributed by atoms with Gasteiger partial charge in [0.25, 0.3) is 0 Å². The zero-order valence-corrected chi connectivity index (χ0v) is 12.3. The minimum atomic E-state index is -1.12. The van der Waals surface area contributed by atoms with E-state index < -0.39 is 17.5 Å². The molecule has 0 bridgehead atoms. The first kappa shape index (κ1) is 15.4. The van der Waals surface area contributed by atoms with Crippen molar-refractivity contribution in [3.8, 4) is 0 Å². The summed E-state index contributed by atoms with van der Waals surface area (Å²) in [5, 5.41) is 22.3. The molecule has 0 saturated heterocycles. The molecule has 116 valence electrons. The topological polar surface area (TPSA) is 109 Å². The summed E-state index contributed by atoms with van der Waals surface area (Å²) in [6, 6.07) is -0.319. The van der Waals surface area contributed by atoms with Crippen molar-refractivity contribution in [2.24, 2.45) is 0 Å². The van der Waals surface area contributed by atoms with E-state index in [1.807, 2.05) is 0 Å². The standard InChI is InChI=1S/C13H21N5O3/c1-13(2,21)10-7-18(17-16-10)8-11(19)15-12(20)14-9-5-3-4-6-9/h7,9,21H,3-6,8H2,1-2H3,(H2,14,15,19,20). The summed E-state index contributed by atoms with van der Waals surface area (Å²) < 4.78 is 1.28. The van der Waals surface area contributed by atoms with Gasteiger partial charge in [0.15, 0.2) is 0 Å². The van der Waals surface area contributed by atoms with Gasteiger partial charge in [0.05, 0.1) is 6.20 Å². The Labute approximate surface area is 122 Å². The van der Waals surface area contributed by atoms with Crippen molar-refractivity contribution < 1.29 is 14.7 Å². The van der Waals surface area contributed by atoms with Crippen LogP contribution in [0.2, 0.25) is 0 Å². The Morgan fingerprint density at radius 1 is 1.43 bits per heavy atom. The van der Waals surface area contributed by atoms with Crippen LogP contribution in [-0.4, -0.2) is 38.1 Å². The highest BCUT2D eigenvalue weighted by Gasteiger charge is 2.21. The van der Waals surface area contributed by atoms with Gasteiger partial charge in [-0.25, -0.2) is 9.48 Å². The van der Waals surface area contributed by atoms with Crippen molar-refractivity contribution >= 4 is 11.9 Å². The van der Waals surface area contributed by atoms with Gasteiger partial charge in [-0.3, -0.25) is 10.1 Å². The molecular formula is C13H21N5O3. The lowest BCUT2D eigenvalue weighted by atomic mass is 10.1. The highest BCUT2D eigenvalue weighted by atomic mass is 16.3. The van der Waals surface area contributed by atoms with Gasteiger partial charge >= 0.3 is 6.03 Å². The quantitative estimate of drug-likeness (QED) is 0.739. The number of aliphatic hydroxyl groups is 1. The Kier molecular flexibility index (Phi) is 4.56. The van der Waals surface area contributed by atoms with Crippen LogP contribution in [0.4, 0.5) is 4.79 Å². The number of aromatic nitrogens is 3. The predicted octanol–water partition coefficient (Wildman–Crippen LogP) is 0.274. The second kappa shape index (κ2) is 6.21. The number of carbonyl (C=O) groups excluding carboxylic acids is 2. The van der Waals surface area contributed by atoms with Gasteiger partial charge in [0.2, 0.25) is 5.91 Å². The van der Waals surface area contributed by atoms with Crippen molar-refractivity contribution in [2.45, 2.75) is 57.7 Å². The number of hydrogen-bond donors (Lipinski definition) is 3. The predicted molar refractivity (Wildman–Crippen MR) is 74.2 cm³/mol. The SMILES string of the molecule is CC(C)(O)c1cn(CC(=O)NC(=O)NC2CCCC2)nn1. The molecule has 3 amide bonds. The highest BCUT2D eigenvalue weighted by Crippen LogP contribution is 2.17. The Balaban J connectivity index is 1.81. The van der Waals surface area contributed by atoms with Gasteiger partial charge in [0.1, 0.15) is 17.8 Å². The Hall–Kier alpha value is -1.96. The second-order valence-electron chi connectivity index (χ2n) is 5.86. The third kappa shape index (κ3) is 4.52. The average Bonchev–Trinajstić information content (AvgIpc) is 2.98. The lowest BCUT2D eigenvalue weighted by Crippen LogP contribution is -2.44. The molecule has 0 spiro atoms. The first-order chi connectivity index (χ1) is 9.84. The molecule has 0 aromatic carbocycles. The number of amides is 3. The smallest absolute Gasteiger partial charge is 0.321 e. The first-order valence-corrected chi connectivity index (χ1v) is 7.08. The molecule has 0 unspecified atom stereocenters. The summed E-state index contributed by atoms with van der Waals surface area (Å²) >= 11 is 0. The normalized spacial score (nSPS) is 16.0. The fourth-order valence-electron chi connectivity index (χ4n) is 2.26. The van der Waals surface area contributed by atoms with Crippen LogP contribution in [0, 0.1) is 0 Å². The maximum absolute atomic E-state index is 11.7. The van der Waals surface area contributed by atoms with E-state index in [0.717, 1.165) is 25.7 Å². The van der Waals surface area contributed by atoms with E-state index in [9.17, 15) is 14.7 Å². The molecule has 2 rings (SSSR count). The summed E-state index contributed by atoms with van der Waals surface area (Å²) in [5.74, 6) is -0.474. The molecule has 0 atom stereocenters. The largest absolute Gasteiger partial charge is 0.384 e. The van der Waals surface area contributed by atoms with Gasteiger partial charge in [0, 0.05) is 6.04 Å². The van der Waals surface area contributed by atoms with E-state index >= 15 is 0 Å². The number of hydrogen-bond acceptors (Lipinski definition) is 5. The monoisotopic (exact) mass is 295 g/mol. The lowest BCUT2D eigenvalue weighted by molar-refractivity contribution is -0.120. The van der Waals surface area contributed by atoms with Crippen molar-refractivity contribution in [1.29, 1.82) is 0 Å². The summed E-state index contributed by atoms with van der Waals surface area (Å²) in [6.07, 6.45) is 5.61. The van der Waals surface area contributed by atoms with Crippen molar-refractivity contribution in [3.63, 3.8) is 0 Å². The molecule has 8 nitrogen and oxygen atoms in total. The van der Waals surface area contributed by atoms with E-state index in [0.29, 0.717) is 5.69 Å². The van der Waals surface area contributed by atoms with Crippen LogP contribution in [0.3, 0.4) is 0 Å². The van der Waals surface area contributed by atoms with Crippen LogP contribution < -0.4 is 10.6 Å². The van der Waals surface area contributed by atoms with E-state index in [-0.39, 0.29) is 12.6 Å². The average molecular weight is 295 g/mol. The van der Waals surface area contributed by atoms with Gasteiger partial charge < -0.3 is 10.4 Å². The number of urea groups is 1.